The molecule has 0 aliphatic heterocycles. The van der Waals surface area contributed by atoms with Crippen LogP contribution in [0.5, 0.6) is 5.75 Å². The summed E-state index contributed by atoms with van der Waals surface area (Å²) in [5, 5.41) is 2.98. The fraction of sp³-hybridized carbons (Fsp3) is 0.381. The number of nitrogens with zero attached hydrogens (tertiary/aromatic N) is 1. The number of sulfonamides is 1. The molecule has 0 aromatic heterocycles. The molecule has 6 nitrogen and oxygen atoms in total. The first-order valence-corrected chi connectivity index (χ1v) is 10.5. The molecule has 1 N–H and O–H groups in total. The fourth-order valence-corrected chi connectivity index (χ4v) is 3.77. The molecule has 0 saturated heterocycles. The van der Waals surface area contributed by atoms with Crippen LogP contribution in [0.4, 0.5) is 0 Å². The zero-order chi connectivity index (χ0) is 20.9. The van der Waals surface area contributed by atoms with Crippen LogP contribution in [0.25, 0.3) is 0 Å². The summed E-state index contributed by atoms with van der Waals surface area (Å²) >= 11 is 0. The van der Waals surface area contributed by atoms with Crippen molar-refractivity contribution in [2.75, 3.05) is 21.2 Å². The van der Waals surface area contributed by atoms with Gasteiger partial charge in [-0.3, -0.25) is 4.79 Å². The molecule has 28 heavy (non-hydrogen) atoms. The number of aryl methyl sites for hydroxylation is 2. The highest BCUT2D eigenvalue weighted by atomic mass is 32.2. The zero-order valence-electron chi connectivity index (χ0n) is 17.0. The topological polar surface area (TPSA) is 75.7 Å². The van der Waals surface area contributed by atoms with E-state index in [1.54, 1.807) is 12.1 Å². The Kier molecular flexibility index (Phi) is 7.21. The molecule has 0 fully saturated rings. The van der Waals surface area contributed by atoms with E-state index in [4.69, 9.17) is 4.74 Å². The molecule has 152 valence electrons. The van der Waals surface area contributed by atoms with Crippen molar-refractivity contribution in [1.29, 1.82) is 0 Å². The van der Waals surface area contributed by atoms with Crippen LogP contribution < -0.4 is 10.1 Å². The van der Waals surface area contributed by atoms with Crippen molar-refractivity contribution >= 4 is 15.9 Å². The Hall–Kier alpha value is -2.38. The molecular weight excluding hydrogens is 376 g/mol. The Bertz CT molecular complexity index is 922. The maximum atomic E-state index is 12.4. The standard InChI is InChI=1S/C21H28N2O4S/c1-15-6-8-17(9-7-15)16(2)22-21(24)13-10-18-14-19(11-12-20(18)27-5)28(25,26)23(3)4/h6-9,11-12,14,16H,10,13H2,1-5H3,(H,22,24). The van der Waals surface area contributed by atoms with E-state index in [0.29, 0.717) is 17.7 Å². The van der Waals surface area contributed by atoms with E-state index in [0.717, 1.165) is 9.87 Å². The summed E-state index contributed by atoms with van der Waals surface area (Å²) < 4.78 is 31.2. The van der Waals surface area contributed by atoms with Gasteiger partial charge in [-0.15, -0.1) is 0 Å². The van der Waals surface area contributed by atoms with Gasteiger partial charge in [0, 0.05) is 20.5 Å². The van der Waals surface area contributed by atoms with Crippen molar-refractivity contribution in [2.45, 2.75) is 37.6 Å². The Labute approximate surface area is 167 Å². The maximum Gasteiger partial charge on any atom is 0.242 e. The van der Waals surface area contributed by atoms with Gasteiger partial charge < -0.3 is 10.1 Å². The van der Waals surface area contributed by atoms with Crippen molar-refractivity contribution in [3.8, 4) is 5.75 Å². The van der Waals surface area contributed by atoms with Gasteiger partial charge in [0.1, 0.15) is 5.75 Å². The van der Waals surface area contributed by atoms with Gasteiger partial charge in [0.15, 0.2) is 0 Å². The molecule has 2 rings (SSSR count). The van der Waals surface area contributed by atoms with Crippen LogP contribution in [0.3, 0.4) is 0 Å². The van der Waals surface area contributed by atoms with Gasteiger partial charge in [0.25, 0.3) is 0 Å². The van der Waals surface area contributed by atoms with Gasteiger partial charge >= 0.3 is 0 Å². The lowest BCUT2D eigenvalue weighted by atomic mass is 10.1. The quantitative estimate of drug-likeness (QED) is 0.734. The van der Waals surface area contributed by atoms with E-state index < -0.39 is 10.0 Å². The van der Waals surface area contributed by atoms with Crippen LogP contribution in [0.15, 0.2) is 47.4 Å². The number of hydrogen-bond acceptors (Lipinski definition) is 4. The van der Waals surface area contributed by atoms with Gasteiger partial charge in [-0.25, -0.2) is 12.7 Å². The largest absolute Gasteiger partial charge is 0.496 e. The average molecular weight is 405 g/mol. The third-order valence-corrected chi connectivity index (χ3v) is 6.42. The molecule has 1 atom stereocenters. The molecule has 0 aliphatic carbocycles. The number of nitrogens with one attached hydrogen (secondary N) is 1. The van der Waals surface area contributed by atoms with Crippen molar-refractivity contribution in [1.82, 2.24) is 9.62 Å². The van der Waals surface area contributed by atoms with Crippen LogP contribution >= 0.6 is 0 Å². The normalized spacial score (nSPS) is 12.6. The van der Waals surface area contributed by atoms with Gasteiger partial charge in [0.05, 0.1) is 18.0 Å². The minimum Gasteiger partial charge on any atom is -0.496 e. The predicted molar refractivity (Wildman–Crippen MR) is 110 cm³/mol. The highest BCUT2D eigenvalue weighted by Crippen LogP contribution is 2.25. The van der Waals surface area contributed by atoms with E-state index in [-0.39, 0.29) is 23.3 Å². The van der Waals surface area contributed by atoms with Gasteiger partial charge in [-0.05, 0) is 49.6 Å². The van der Waals surface area contributed by atoms with Gasteiger partial charge in [-0.1, -0.05) is 29.8 Å². The number of rotatable bonds is 8. The number of benzene rings is 2. The van der Waals surface area contributed by atoms with E-state index in [1.807, 2.05) is 38.1 Å². The smallest absolute Gasteiger partial charge is 0.242 e. The molecule has 0 bridgehead atoms. The van der Waals surface area contributed by atoms with Crippen LogP contribution in [0.2, 0.25) is 0 Å². The lowest BCUT2D eigenvalue weighted by Gasteiger charge is -2.16. The van der Waals surface area contributed by atoms with Crippen molar-refractivity contribution < 1.29 is 17.9 Å². The highest BCUT2D eigenvalue weighted by Gasteiger charge is 2.19. The SMILES string of the molecule is COc1ccc(S(=O)(=O)N(C)C)cc1CCC(=O)NC(C)c1ccc(C)cc1. The van der Waals surface area contributed by atoms with Crippen molar-refractivity contribution in [2.24, 2.45) is 0 Å². The molecule has 0 radical (unpaired) electrons. The first-order valence-electron chi connectivity index (χ1n) is 9.10. The predicted octanol–water partition coefficient (Wildman–Crippen LogP) is 3.06. The molecule has 7 heteroatoms. The summed E-state index contributed by atoms with van der Waals surface area (Å²) in [6, 6.07) is 12.6. The Morgan fingerprint density at radius 2 is 1.79 bits per heavy atom. The van der Waals surface area contributed by atoms with Crippen LogP contribution in [0.1, 0.15) is 36.1 Å². The second kappa shape index (κ2) is 9.21. The van der Waals surface area contributed by atoms with Crippen LogP contribution in [0, 0.1) is 6.92 Å². The molecule has 2 aromatic carbocycles. The molecule has 1 amide bonds. The van der Waals surface area contributed by atoms with E-state index in [2.05, 4.69) is 5.32 Å². The summed E-state index contributed by atoms with van der Waals surface area (Å²) in [5.41, 5.74) is 2.89. The van der Waals surface area contributed by atoms with E-state index >= 15 is 0 Å². The van der Waals surface area contributed by atoms with E-state index in [9.17, 15) is 13.2 Å². The first-order chi connectivity index (χ1) is 13.1. The van der Waals surface area contributed by atoms with Gasteiger partial charge in [-0.2, -0.15) is 0 Å². The maximum absolute atomic E-state index is 12.4. The number of carbonyl (C=O) groups is 1. The van der Waals surface area contributed by atoms with Crippen LogP contribution in [-0.2, 0) is 21.2 Å². The number of ether oxygens (including phenoxy) is 1. The fourth-order valence-electron chi connectivity index (χ4n) is 2.82. The van der Waals surface area contributed by atoms with Crippen LogP contribution in [-0.4, -0.2) is 39.8 Å². The molecule has 0 spiro atoms. The number of hydrogen-bond donors (Lipinski definition) is 1. The second-order valence-electron chi connectivity index (χ2n) is 6.96. The molecule has 0 heterocycles. The monoisotopic (exact) mass is 404 g/mol. The number of amides is 1. The summed E-state index contributed by atoms with van der Waals surface area (Å²) in [5.74, 6) is 0.466. The minimum atomic E-state index is -3.54. The summed E-state index contributed by atoms with van der Waals surface area (Å²) in [6.45, 7) is 3.96. The number of carbonyl (C=O) groups excluding carboxylic acids is 1. The summed E-state index contributed by atoms with van der Waals surface area (Å²) in [7, 11) is 0.953. The van der Waals surface area contributed by atoms with E-state index in [1.165, 1.54) is 32.8 Å². The lowest BCUT2D eigenvalue weighted by Crippen LogP contribution is -2.27. The number of methoxy groups -OCH3 is 1. The zero-order valence-corrected chi connectivity index (χ0v) is 17.8. The average Bonchev–Trinajstić information content (AvgIpc) is 2.66. The molecule has 1 unspecified atom stereocenters. The van der Waals surface area contributed by atoms with Gasteiger partial charge in [0.2, 0.25) is 15.9 Å². The molecule has 2 aromatic rings. The highest BCUT2D eigenvalue weighted by molar-refractivity contribution is 7.89. The van der Waals surface area contributed by atoms with Crippen molar-refractivity contribution in [3.05, 3.63) is 59.2 Å². The third-order valence-electron chi connectivity index (χ3n) is 4.61. The second-order valence-corrected chi connectivity index (χ2v) is 9.11. The summed E-state index contributed by atoms with van der Waals surface area (Å²) in [6.07, 6.45) is 0.616. The lowest BCUT2D eigenvalue weighted by molar-refractivity contribution is -0.121. The molecular formula is C21H28N2O4S. The first kappa shape index (κ1) is 21.9. The Morgan fingerprint density at radius 1 is 1.14 bits per heavy atom. The molecule has 0 aliphatic rings. The Balaban J connectivity index is 2.08. The summed E-state index contributed by atoms with van der Waals surface area (Å²) in [4.78, 5) is 12.6. The minimum absolute atomic E-state index is 0.101. The third kappa shape index (κ3) is 5.33. The Morgan fingerprint density at radius 3 is 2.36 bits per heavy atom. The van der Waals surface area contributed by atoms with Crippen molar-refractivity contribution in [3.63, 3.8) is 0 Å². The molecule has 0 saturated carbocycles.